The minimum Gasteiger partial charge on any atom is -0.342 e. The fourth-order valence-corrected chi connectivity index (χ4v) is 2.60. The Bertz CT molecular complexity index is 615. The number of rotatable bonds is 2. The second-order valence-corrected chi connectivity index (χ2v) is 6.82. The summed E-state index contributed by atoms with van der Waals surface area (Å²) in [5.41, 5.74) is 5.26. The minimum atomic E-state index is 0.194. The molecule has 0 saturated carbocycles. The number of aryl methyl sites for hydroxylation is 1. The van der Waals surface area contributed by atoms with Gasteiger partial charge in [0.2, 0.25) is 0 Å². The van der Waals surface area contributed by atoms with Crippen molar-refractivity contribution in [3.8, 4) is 11.3 Å². The second-order valence-electron chi connectivity index (χ2n) is 6.82. The molecular weight excluding hydrogens is 246 g/mol. The molecule has 1 aliphatic heterocycles. The Labute approximate surface area is 120 Å². The number of hydrogen-bond acceptors (Lipinski definition) is 2. The van der Waals surface area contributed by atoms with Gasteiger partial charge in [-0.15, -0.1) is 0 Å². The highest BCUT2D eigenvalue weighted by Crippen LogP contribution is 2.29. The third-order valence-electron chi connectivity index (χ3n) is 4.15. The van der Waals surface area contributed by atoms with E-state index in [1.165, 1.54) is 16.7 Å². The number of nitrogens with one attached hydrogen (secondary N) is 2. The number of aromatic amines is 1. The van der Waals surface area contributed by atoms with Crippen LogP contribution in [0.15, 0.2) is 24.4 Å². The summed E-state index contributed by atoms with van der Waals surface area (Å²) in [6.07, 6.45) is 1.97. The van der Waals surface area contributed by atoms with Crippen molar-refractivity contribution in [1.29, 1.82) is 0 Å². The van der Waals surface area contributed by atoms with Crippen LogP contribution in [0.2, 0.25) is 0 Å². The normalized spacial score (nSPS) is 16.2. The fourth-order valence-electron chi connectivity index (χ4n) is 2.60. The van der Waals surface area contributed by atoms with Gasteiger partial charge in [0.1, 0.15) is 5.82 Å². The van der Waals surface area contributed by atoms with E-state index in [1.54, 1.807) is 0 Å². The molecule has 0 unspecified atom stereocenters. The maximum Gasteiger partial charge on any atom is 0.112 e. The highest BCUT2D eigenvalue weighted by Gasteiger charge is 2.22. The molecule has 1 fully saturated rings. The first-order chi connectivity index (χ1) is 9.45. The lowest BCUT2D eigenvalue weighted by atomic mass is 9.85. The molecule has 2 heterocycles. The van der Waals surface area contributed by atoms with Crippen LogP contribution >= 0.6 is 0 Å². The van der Waals surface area contributed by atoms with Crippen molar-refractivity contribution in [2.45, 2.75) is 39.0 Å². The Balaban J connectivity index is 1.92. The molecule has 0 bridgehead atoms. The maximum atomic E-state index is 4.53. The third kappa shape index (κ3) is 2.38. The van der Waals surface area contributed by atoms with Gasteiger partial charge >= 0.3 is 0 Å². The quantitative estimate of drug-likeness (QED) is 0.877. The van der Waals surface area contributed by atoms with Crippen LogP contribution < -0.4 is 5.32 Å². The van der Waals surface area contributed by atoms with Crippen LogP contribution in [0, 0.1) is 6.92 Å². The molecule has 20 heavy (non-hydrogen) atoms. The molecule has 0 radical (unpaired) electrons. The lowest BCUT2D eigenvalue weighted by molar-refractivity contribution is 0.433. The minimum absolute atomic E-state index is 0.194. The predicted octanol–water partition coefficient (Wildman–Crippen LogP) is 3.37. The van der Waals surface area contributed by atoms with E-state index >= 15 is 0 Å². The van der Waals surface area contributed by atoms with Crippen molar-refractivity contribution >= 4 is 0 Å². The summed E-state index contributed by atoms with van der Waals surface area (Å²) in [6.45, 7) is 11.0. The summed E-state index contributed by atoms with van der Waals surface area (Å²) in [7, 11) is 0. The highest BCUT2D eigenvalue weighted by molar-refractivity contribution is 5.64. The Kier molecular flexibility index (Phi) is 3.17. The van der Waals surface area contributed by atoms with Crippen molar-refractivity contribution in [1.82, 2.24) is 15.3 Å². The van der Waals surface area contributed by atoms with E-state index in [0.29, 0.717) is 5.92 Å². The predicted molar refractivity (Wildman–Crippen MR) is 83.1 cm³/mol. The van der Waals surface area contributed by atoms with E-state index in [2.05, 4.69) is 61.2 Å². The molecule has 0 aliphatic carbocycles. The van der Waals surface area contributed by atoms with Gasteiger partial charge in [0.25, 0.3) is 0 Å². The van der Waals surface area contributed by atoms with E-state index in [4.69, 9.17) is 0 Å². The van der Waals surface area contributed by atoms with Crippen molar-refractivity contribution in [2.75, 3.05) is 13.1 Å². The molecule has 3 heteroatoms. The molecule has 1 aromatic carbocycles. The van der Waals surface area contributed by atoms with Gasteiger partial charge in [-0.05, 0) is 23.5 Å². The lowest BCUT2D eigenvalue weighted by Gasteiger charge is -2.24. The Morgan fingerprint density at radius 3 is 2.50 bits per heavy atom. The van der Waals surface area contributed by atoms with Crippen molar-refractivity contribution < 1.29 is 0 Å². The van der Waals surface area contributed by atoms with Gasteiger partial charge in [0, 0.05) is 24.6 Å². The van der Waals surface area contributed by atoms with Gasteiger partial charge in [-0.2, -0.15) is 0 Å². The largest absolute Gasteiger partial charge is 0.342 e. The summed E-state index contributed by atoms with van der Waals surface area (Å²) in [6, 6.07) is 6.74. The topological polar surface area (TPSA) is 40.7 Å². The molecule has 3 nitrogen and oxygen atoms in total. The maximum absolute atomic E-state index is 4.53. The van der Waals surface area contributed by atoms with Crippen molar-refractivity contribution in [2.24, 2.45) is 0 Å². The Morgan fingerprint density at radius 1 is 1.20 bits per heavy atom. The zero-order chi connectivity index (χ0) is 14.3. The molecule has 2 N–H and O–H groups in total. The van der Waals surface area contributed by atoms with E-state index < -0.39 is 0 Å². The number of aromatic nitrogens is 2. The molecule has 0 amide bonds. The van der Waals surface area contributed by atoms with Gasteiger partial charge in [-0.1, -0.05) is 39.0 Å². The second kappa shape index (κ2) is 4.74. The van der Waals surface area contributed by atoms with Gasteiger partial charge in [-0.3, -0.25) is 0 Å². The summed E-state index contributed by atoms with van der Waals surface area (Å²) < 4.78 is 0. The number of H-pyrrole nitrogens is 1. The lowest BCUT2D eigenvalue weighted by Crippen LogP contribution is -2.40. The molecule has 0 atom stereocenters. The smallest absolute Gasteiger partial charge is 0.112 e. The van der Waals surface area contributed by atoms with Crippen LogP contribution in [0.3, 0.4) is 0 Å². The van der Waals surface area contributed by atoms with Crippen molar-refractivity contribution in [3.05, 3.63) is 41.3 Å². The average molecular weight is 269 g/mol. The van der Waals surface area contributed by atoms with Crippen LogP contribution in [-0.4, -0.2) is 23.1 Å². The van der Waals surface area contributed by atoms with E-state index in [0.717, 1.165) is 24.6 Å². The van der Waals surface area contributed by atoms with Crippen LogP contribution in [0.5, 0.6) is 0 Å². The molecule has 1 aromatic heterocycles. The number of hydrogen-bond donors (Lipinski definition) is 2. The molecule has 1 saturated heterocycles. The van der Waals surface area contributed by atoms with Gasteiger partial charge in [-0.25, -0.2) is 4.98 Å². The van der Waals surface area contributed by atoms with Gasteiger partial charge in [0.05, 0.1) is 11.9 Å². The first-order valence-electron chi connectivity index (χ1n) is 7.32. The van der Waals surface area contributed by atoms with Gasteiger partial charge < -0.3 is 10.3 Å². The number of imidazole rings is 1. The summed E-state index contributed by atoms with van der Waals surface area (Å²) in [5, 5.41) is 3.28. The zero-order valence-electron chi connectivity index (χ0n) is 12.7. The zero-order valence-corrected chi connectivity index (χ0v) is 12.7. The number of nitrogens with zero attached hydrogens (tertiary/aromatic N) is 1. The average Bonchev–Trinajstić information content (AvgIpc) is 2.74. The summed E-state index contributed by atoms with van der Waals surface area (Å²) >= 11 is 0. The SMILES string of the molecule is Cc1cc(C(C)(C)C)ccc1-c1cnc(C2CNC2)[nH]1. The molecule has 3 rings (SSSR count). The Hall–Kier alpha value is -1.61. The van der Waals surface area contributed by atoms with Crippen LogP contribution in [0.25, 0.3) is 11.3 Å². The van der Waals surface area contributed by atoms with E-state index in [9.17, 15) is 0 Å². The summed E-state index contributed by atoms with van der Waals surface area (Å²) in [5.74, 6) is 1.66. The van der Waals surface area contributed by atoms with Crippen LogP contribution in [0.1, 0.15) is 43.6 Å². The van der Waals surface area contributed by atoms with E-state index in [-0.39, 0.29) is 5.41 Å². The van der Waals surface area contributed by atoms with Crippen molar-refractivity contribution in [3.63, 3.8) is 0 Å². The standard InChI is InChI=1S/C17H23N3/c1-11-7-13(17(2,3)4)5-6-14(11)15-10-19-16(20-15)12-8-18-9-12/h5-7,10,12,18H,8-9H2,1-4H3,(H,19,20). The highest BCUT2D eigenvalue weighted by atomic mass is 15.0. The Morgan fingerprint density at radius 2 is 1.95 bits per heavy atom. The monoisotopic (exact) mass is 269 g/mol. The first-order valence-corrected chi connectivity index (χ1v) is 7.32. The van der Waals surface area contributed by atoms with Gasteiger partial charge in [0.15, 0.2) is 0 Å². The van der Waals surface area contributed by atoms with Crippen LogP contribution in [0.4, 0.5) is 0 Å². The third-order valence-corrected chi connectivity index (χ3v) is 4.15. The van der Waals surface area contributed by atoms with E-state index in [1.807, 2.05) is 6.20 Å². The molecule has 0 spiro atoms. The molecular formula is C17H23N3. The fraction of sp³-hybridized carbons (Fsp3) is 0.471. The molecule has 1 aliphatic rings. The first kappa shape index (κ1) is 13.4. The molecule has 106 valence electrons. The number of benzene rings is 1. The summed E-state index contributed by atoms with van der Waals surface area (Å²) in [4.78, 5) is 8.01. The molecule has 2 aromatic rings. The van der Waals surface area contributed by atoms with Crippen LogP contribution in [-0.2, 0) is 5.41 Å².